The van der Waals surface area contributed by atoms with E-state index in [0.717, 1.165) is 32.1 Å². The van der Waals surface area contributed by atoms with Crippen molar-refractivity contribution in [3.05, 3.63) is 0 Å². The minimum Gasteiger partial charge on any atom is -0.481 e. The Bertz CT molecular complexity index is 1130. The van der Waals surface area contributed by atoms with Crippen LogP contribution >= 0.6 is 0 Å². The number of carboxylic acids is 1. The molecule has 0 radical (unpaired) electrons. The number of hydrogen-bond donors (Lipinski definition) is 4. The predicted octanol–water partition coefficient (Wildman–Crippen LogP) is 4.57. The average molecular weight is 689 g/mol. The van der Waals surface area contributed by atoms with E-state index in [1.165, 1.54) is 6.92 Å². The SMILES string of the molecule is CC[C@]1([C@H]2O[C@H]([C@@H]3O[C@](O)(CO)[C@@H](C)C[C@H]3C)C[C@H]2C)CC[C@@H]([C@@]2(C)CC[C@@]3(C[C@@H](O)[C@H](C)[C@H]([C@H](C)[C@H](OCF)[C@H](C)C(=O)O)O3)O2)O1. The second-order valence-electron chi connectivity index (χ2n) is 16.3. The number of ether oxygens (including phenoxy) is 6. The second kappa shape index (κ2) is 14.2. The van der Waals surface area contributed by atoms with E-state index in [2.05, 4.69) is 20.8 Å². The quantitative estimate of drug-likeness (QED) is 0.242. The molecule has 48 heavy (non-hydrogen) atoms. The maximum atomic E-state index is 13.4. The van der Waals surface area contributed by atoms with Crippen LogP contribution in [0.5, 0.6) is 0 Å². The van der Waals surface area contributed by atoms with Crippen LogP contribution in [-0.4, -0.2) is 105 Å². The summed E-state index contributed by atoms with van der Waals surface area (Å²) in [6.45, 7) is 13.9. The molecule has 0 aromatic heterocycles. The molecule has 5 saturated heterocycles. The van der Waals surface area contributed by atoms with Crippen LogP contribution in [0.4, 0.5) is 4.39 Å². The molecule has 5 fully saturated rings. The van der Waals surface area contributed by atoms with Crippen molar-refractivity contribution < 1.29 is 58.0 Å². The lowest BCUT2D eigenvalue weighted by molar-refractivity contribution is -0.337. The van der Waals surface area contributed by atoms with Gasteiger partial charge < -0.3 is 48.8 Å². The number of alkyl halides is 1. The summed E-state index contributed by atoms with van der Waals surface area (Å²) in [7, 11) is 0. The van der Waals surface area contributed by atoms with Crippen LogP contribution in [0.3, 0.4) is 0 Å². The third-order valence-corrected chi connectivity index (χ3v) is 13.0. The molecule has 1 spiro atoms. The lowest BCUT2D eigenvalue weighted by atomic mass is 9.78. The lowest BCUT2D eigenvalue weighted by Gasteiger charge is -2.49. The summed E-state index contributed by atoms with van der Waals surface area (Å²) < 4.78 is 52.2. The zero-order valence-electron chi connectivity index (χ0n) is 30.1. The van der Waals surface area contributed by atoms with Crippen LogP contribution in [0, 0.1) is 35.5 Å². The molecule has 12 heteroatoms. The largest absolute Gasteiger partial charge is 0.481 e. The van der Waals surface area contributed by atoms with Crippen molar-refractivity contribution in [2.24, 2.45) is 35.5 Å². The van der Waals surface area contributed by atoms with Crippen molar-refractivity contribution in [1.29, 1.82) is 0 Å². The van der Waals surface area contributed by atoms with Gasteiger partial charge in [0.2, 0.25) is 0 Å². The molecule has 4 N–H and O–H groups in total. The van der Waals surface area contributed by atoms with Crippen molar-refractivity contribution in [3.8, 4) is 0 Å². The summed E-state index contributed by atoms with van der Waals surface area (Å²) in [5, 5.41) is 41.8. The van der Waals surface area contributed by atoms with E-state index in [1.807, 2.05) is 20.8 Å². The summed E-state index contributed by atoms with van der Waals surface area (Å²) in [5.41, 5.74) is -1.24. The number of halogens is 1. The first-order valence-electron chi connectivity index (χ1n) is 18.3. The molecular weight excluding hydrogens is 627 g/mol. The fourth-order valence-corrected chi connectivity index (χ4v) is 9.86. The van der Waals surface area contributed by atoms with Crippen molar-refractivity contribution in [3.63, 3.8) is 0 Å². The predicted molar refractivity (Wildman–Crippen MR) is 172 cm³/mol. The fraction of sp³-hybridized carbons (Fsp3) is 0.972. The van der Waals surface area contributed by atoms with E-state index in [1.54, 1.807) is 6.92 Å². The highest BCUT2D eigenvalue weighted by Gasteiger charge is 2.62. The number of rotatable bonds is 11. The first kappa shape index (κ1) is 38.3. The van der Waals surface area contributed by atoms with Crippen LogP contribution in [0.2, 0.25) is 0 Å². The van der Waals surface area contributed by atoms with Gasteiger partial charge in [0.1, 0.15) is 0 Å². The van der Waals surface area contributed by atoms with Crippen LogP contribution in [0.1, 0.15) is 107 Å². The monoisotopic (exact) mass is 688 g/mol. The van der Waals surface area contributed by atoms with Gasteiger partial charge in [-0.1, -0.05) is 41.5 Å². The Labute approximate surface area is 285 Å². The third-order valence-electron chi connectivity index (χ3n) is 13.0. The lowest BCUT2D eigenvalue weighted by Crippen LogP contribution is -2.57. The van der Waals surface area contributed by atoms with Crippen LogP contribution in [-0.2, 0) is 33.2 Å². The van der Waals surface area contributed by atoms with Gasteiger partial charge in [0.15, 0.2) is 18.4 Å². The van der Waals surface area contributed by atoms with Crippen molar-refractivity contribution >= 4 is 5.97 Å². The van der Waals surface area contributed by atoms with Gasteiger partial charge in [-0.05, 0) is 64.2 Å². The minimum absolute atomic E-state index is 0.158. The molecule has 0 aromatic rings. The van der Waals surface area contributed by atoms with Crippen LogP contribution in [0.25, 0.3) is 0 Å². The van der Waals surface area contributed by atoms with E-state index in [0.29, 0.717) is 12.8 Å². The maximum absolute atomic E-state index is 13.4. The summed E-state index contributed by atoms with van der Waals surface area (Å²) in [6, 6.07) is 0. The molecule has 5 heterocycles. The Morgan fingerprint density at radius 1 is 1.04 bits per heavy atom. The van der Waals surface area contributed by atoms with Gasteiger partial charge in [0, 0.05) is 30.6 Å². The topological polar surface area (TPSA) is 153 Å². The molecule has 0 aromatic carbocycles. The van der Waals surface area contributed by atoms with E-state index in [-0.39, 0.29) is 54.5 Å². The molecule has 5 rings (SSSR count). The number of hydrogen-bond acceptors (Lipinski definition) is 10. The average Bonchev–Trinajstić information content (AvgIpc) is 3.75. The summed E-state index contributed by atoms with van der Waals surface area (Å²) in [5.74, 6) is -5.45. The van der Waals surface area contributed by atoms with Gasteiger partial charge >= 0.3 is 5.97 Å². The Kier molecular flexibility index (Phi) is 11.3. The Balaban J connectivity index is 1.29. The number of aliphatic hydroxyl groups is 3. The molecular formula is C36H61FO11. The van der Waals surface area contributed by atoms with E-state index in [4.69, 9.17) is 28.4 Å². The summed E-state index contributed by atoms with van der Waals surface area (Å²) >= 11 is 0. The highest BCUT2D eigenvalue weighted by Crippen LogP contribution is 2.55. The van der Waals surface area contributed by atoms with Gasteiger partial charge in [-0.15, -0.1) is 0 Å². The van der Waals surface area contributed by atoms with Gasteiger partial charge in [-0.2, -0.15) is 0 Å². The van der Waals surface area contributed by atoms with E-state index >= 15 is 0 Å². The van der Waals surface area contributed by atoms with Crippen LogP contribution in [0.15, 0.2) is 0 Å². The molecule has 0 bridgehead atoms. The summed E-state index contributed by atoms with van der Waals surface area (Å²) in [6.07, 6.45) is 1.90. The number of aliphatic carboxylic acids is 1. The molecule has 5 aliphatic rings. The maximum Gasteiger partial charge on any atom is 0.308 e. The molecule has 17 atom stereocenters. The van der Waals surface area contributed by atoms with E-state index < -0.39 is 72.4 Å². The minimum atomic E-state index is -1.58. The van der Waals surface area contributed by atoms with Crippen molar-refractivity contribution in [2.75, 3.05) is 13.5 Å². The van der Waals surface area contributed by atoms with Gasteiger partial charge in [-0.25, -0.2) is 4.39 Å². The normalized spacial score (nSPS) is 50.1. The van der Waals surface area contributed by atoms with Crippen LogP contribution < -0.4 is 0 Å². The Morgan fingerprint density at radius 3 is 2.38 bits per heavy atom. The van der Waals surface area contributed by atoms with Gasteiger partial charge in [-0.3, -0.25) is 4.79 Å². The Morgan fingerprint density at radius 2 is 1.75 bits per heavy atom. The first-order valence-corrected chi connectivity index (χ1v) is 18.3. The second-order valence-corrected chi connectivity index (χ2v) is 16.3. The Hall–Kier alpha value is -0.960. The van der Waals surface area contributed by atoms with E-state index in [9.17, 15) is 29.6 Å². The zero-order valence-corrected chi connectivity index (χ0v) is 30.1. The van der Waals surface area contributed by atoms with Gasteiger partial charge in [0.05, 0.1) is 66.5 Å². The molecule has 0 unspecified atom stereocenters. The number of aliphatic hydroxyl groups excluding tert-OH is 2. The molecule has 0 aliphatic carbocycles. The first-order chi connectivity index (χ1) is 22.5. The molecule has 0 saturated carbocycles. The third kappa shape index (κ3) is 6.84. The molecule has 11 nitrogen and oxygen atoms in total. The molecule has 0 amide bonds. The van der Waals surface area contributed by atoms with Crippen molar-refractivity contribution in [2.45, 2.75) is 172 Å². The fourth-order valence-electron chi connectivity index (χ4n) is 9.86. The molecule has 278 valence electrons. The summed E-state index contributed by atoms with van der Waals surface area (Å²) in [4.78, 5) is 11.8. The smallest absolute Gasteiger partial charge is 0.308 e. The van der Waals surface area contributed by atoms with Gasteiger partial charge in [0.25, 0.3) is 0 Å². The number of carbonyl (C=O) groups is 1. The zero-order chi connectivity index (χ0) is 35.4. The highest BCUT2D eigenvalue weighted by molar-refractivity contribution is 5.70. The van der Waals surface area contributed by atoms with Crippen molar-refractivity contribution in [1.82, 2.24) is 0 Å². The number of carboxylic acid groups (broad SMARTS) is 1. The highest BCUT2D eigenvalue weighted by atomic mass is 19.1. The standard InChI is InChI=1S/C36H61FO11/c1-9-34(31-20(3)15-26(44-31)28-19(2)14-21(4)36(42,17-38)47-28)11-10-27(45-34)33(8)12-13-35(48-33)16-25(39)22(5)30(46-35)23(6)29(43-18-37)24(7)32(40)41/h19-31,38-39,42H,9-18H2,1-8H3,(H,40,41)/t19-,20-,21+,22+,23-,24+,25-,26+,27+,28-,29+,30-,31+,33-,34-,35+,36-/m1/s1. The molecule has 5 aliphatic heterocycles.